The van der Waals surface area contributed by atoms with Crippen molar-refractivity contribution in [1.29, 1.82) is 0 Å². The molecule has 2 heterocycles. The van der Waals surface area contributed by atoms with Crippen LogP contribution < -0.4 is 15.8 Å². The van der Waals surface area contributed by atoms with E-state index in [-0.39, 0.29) is 17.4 Å². The molecule has 1 amide bonds. The van der Waals surface area contributed by atoms with Crippen molar-refractivity contribution in [2.24, 2.45) is 5.92 Å². The van der Waals surface area contributed by atoms with Crippen molar-refractivity contribution in [3.05, 3.63) is 52.4 Å². The largest absolute Gasteiger partial charge is 0.370 e. The molecule has 1 unspecified atom stereocenters. The van der Waals surface area contributed by atoms with Crippen molar-refractivity contribution in [1.82, 2.24) is 10.2 Å². The van der Waals surface area contributed by atoms with Gasteiger partial charge < -0.3 is 10.2 Å². The molecule has 2 aromatic rings. The minimum atomic E-state index is -0.201. The first-order valence-electron chi connectivity index (χ1n) is 9.21. The van der Waals surface area contributed by atoms with E-state index in [9.17, 15) is 9.59 Å². The number of H-pyrrole nitrogens is 1. The minimum Gasteiger partial charge on any atom is -0.370 e. The highest BCUT2D eigenvalue weighted by molar-refractivity contribution is 5.91. The third kappa shape index (κ3) is 4.71. The van der Waals surface area contributed by atoms with Gasteiger partial charge in [0.25, 0.3) is 5.56 Å². The fourth-order valence-electron chi connectivity index (χ4n) is 3.45. The van der Waals surface area contributed by atoms with Crippen LogP contribution in [0.2, 0.25) is 0 Å². The molecule has 3 rings (SSSR count). The molecule has 0 aliphatic carbocycles. The lowest BCUT2D eigenvalue weighted by Crippen LogP contribution is -2.37. The lowest BCUT2D eigenvalue weighted by atomic mass is 9.94. The second-order valence-electron chi connectivity index (χ2n) is 7.29. The van der Waals surface area contributed by atoms with Crippen LogP contribution in [0.25, 0.3) is 0 Å². The van der Waals surface area contributed by atoms with Crippen LogP contribution in [-0.2, 0) is 4.79 Å². The first-order valence-corrected chi connectivity index (χ1v) is 9.21. The van der Waals surface area contributed by atoms with E-state index < -0.39 is 0 Å². The molecule has 1 aliphatic rings. The van der Waals surface area contributed by atoms with E-state index >= 15 is 0 Å². The SMILES string of the molecule is CC(C)c1cccc(NC(=O)CC2CCCN(c3cn[nH]c(=O)c3)C2)c1. The first kappa shape index (κ1) is 18.2. The number of piperidine rings is 1. The van der Waals surface area contributed by atoms with Gasteiger partial charge in [-0.3, -0.25) is 9.59 Å². The maximum absolute atomic E-state index is 12.5. The molecule has 1 fully saturated rings. The van der Waals surface area contributed by atoms with Gasteiger partial charge in [0.1, 0.15) is 0 Å². The fraction of sp³-hybridized carbons (Fsp3) is 0.450. The van der Waals surface area contributed by atoms with Crippen LogP contribution >= 0.6 is 0 Å². The Kier molecular flexibility index (Phi) is 5.71. The minimum absolute atomic E-state index is 0.0433. The van der Waals surface area contributed by atoms with E-state index in [1.807, 2.05) is 18.2 Å². The van der Waals surface area contributed by atoms with E-state index in [4.69, 9.17) is 0 Å². The molecule has 0 spiro atoms. The summed E-state index contributed by atoms with van der Waals surface area (Å²) in [5.41, 5.74) is 2.69. The number of nitrogens with zero attached hydrogens (tertiary/aromatic N) is 2. The number of hydrogen-bond donors (Lipinski definition) is 2. The van der Waals surface area contributed by atoms with Gasteiger partial charge in [-0.05, 0) is 42.4 Å². The van der Waals surface area contributed by atoms with Crippen molar-refractivity contribution >= 4 is 17.3 Å². The molecule has 2 N–H and O–H groups in total. The number of rotatable bonds is 5. The zero-order chi connectivity index (χ0) is 18.5. The van der Waals surface area contributed by atoms with Crippen LogP contribution in [0.1, 0.15) is 44.6 Å². The second kappa shape index (κ2) is 8.17. The standard InChI is InChI=1S/C20H26N4O2/c1-14(2)16-6-3-7-17(10-16)22-19(25)9-15-5-4-8-24(13-15)18-11-20(26)23-21-12-18/h3,6-7,10-12,14-15H,4-5,8-9,13H2,1-2H3,(H,22,25)(H,23,26). The van der Waals surface area contributed by atoms with Gasteiger partial charge in [-0.2, -0.15) is 5.10 Å². The van der Waals surface area contributed by atoms with Gasteiger partial charge in [0.05, 0.1) is 11.9 Å². The number of aromatic amines is 1. The highest BCUT2D eigenvalue weighted by Crippen LogP contribution is 2.24. The Balaban J connectivity index is 1.59. The van der Waals surface area contributed by atoms with Crippen LogP contribution in [0.4, 0.5) is 11.4 Å². The zero-order valence-electron chi connectivity index (χ0n) is 15.4. The third-order valence-electron chi connectivity index (χ3n) is 4.85. The number of carbonyl (C=O) groups excluding carboxylic acids is 1. The number of nitrogens with one attached hydrogen (secondary N) is 2. The molecule has 0 saturated carbocycles. The molecular formula is C20H26N4O2. The molecule has 26 heavy (non-hydrogen) atoms. The van der Waals surface area contributed by atoms with E-state index in [2.05, 4.69) is 40.3 Å². The smallest absolute Gasteiger partial charge is 0.266 e. The summed E-state index contributed by atoms with van der Waals surface area (Å²) in [4.78, 5) is 26.1. The summed E-state index contributed by atoms with van der Waals surface area (Å²) in [6.07, 6.45) is 4.18. The Morgan fingerprint density at radius 2 is 2.23 bits per heavy atom. The van der Waals surface area contributed by atoms with Crippen LogP contribution in [0.3, 0.4) is 0 Å². The highest BCUT2D eigenvalue weighted by Gasteiger charge is 2.23. The Morgan fingerprint density at radius 3 is 3.00 bits per heavy atom. The molecule has 1 aromatic heterocycles. The van der Waals surface area contributed by atoms with Gasteiger partial charge in [0.15, 0.2) is 0 Å². The van der Waals surface area contributed by atoms with Crippen LogP contribution in [0.15, 0.2) is 41.3 Å². The number of hydrogen-bond acceptors (Lipinski definition) is 4. The summed E-state index contributed by atoms with van der Waals surface area (Å²) >= 11 is 0. The monoisotopic (exact) mass is 354 g/mol. The molecule has 1 aliphatic heterocycles. The van der Waals surface area contributed by atoms with Gasteiger partial charge in [0.2, 0.25) is 5.91 Å². The Labute approximate surface area is 153 Å². The maximum atomic E-state index is 12.5. The third-order valence-corrected chi connectivity index (χ3v) is 4.85. The normalized spacial score (nSPS) is 17.3. The van der Waals surface area contributed by atoms with Gasteiger partial charge in [-0.15, -0.1) is 0 Å². The lowest BCUT2D eigenvalue weighted by molar-refractivity contribution is -0.117. The Bertz CT molecular complexity index is 815. The van der Waals surface area contributed by atoms with Crippen molar-refractivity contribution in [3.63, 3.8) is 0 Å². The van der Waals surface area contributed by atoms with E-state index in [0.717, 1.165) is 37.3 Å². The molecule has 1 saturated heterocycles. The summed E-state index contributed by atoms with van der Waals surface area (Å²) in [6, 6.07) is 9.59. The predicted molar refractivity (Wildman–Crippen MR) is 104 cm³/mol. The van der Waals surface area contributed by atoms with Gasteiger partial charge in [-0.1, -0.05) is 26.0 Å². The Hall–Kier alpha value is -2.63. The summed E-state index contributed by atoms with van der Waals surface area (Å²) in [6.45, 7) is 5.94. The van der Waals surface area contributed by atoms with Gasteiger partial charge in [-0.25, -0.2) is 5.10 Å². The summed E-state index contributed by atoms with van der Waals surface area (Å²) in [7, 11) is 0. The van der Waals surface area contributed by atoms with Crippen molar-refractivity contribution < 1.29 is 4.79 Å². The van der Waals surface area contributed by atoms with Crippen LogP contribution in [0, 0.1) is 5.92 Å². The van der Waals surface area contributed by atoms with Crippen molar-refractivity contribution in [2.45, 2.75) is 39.0 Å². The number of anilines is 2. The van der Waals surface area contributed by atoms with Crippen LogP contribution in [-0.4, -0.2) is 29.2 Å². The van der Waals surface area contributed by atoms with Gasteiger partial charge in [0, 0.05) is 31.3 Å². The summed E-state index contributed by atoms with van der Waals surface area (Å²) in [5.74, 6) is 0.750. The number of amides is 1. The number of benzene rings is 1. The number of carbonyl (C=O) groups is 1. The van der Waals surface area contributed by atoms with E-state index in [1.165, 1.54) is 5.56 Å². The second-order valence-corrected chi connectivity index (χ2v) is 7.29. The van der Waals surface area contributed by atoms with E-state index in [1.54, 1.807) is 12.3 Å². The van der Waals surface area contributed by atoms with Gasteiger partial charge >= 0.3 is 0 Å². The quantitative estimate of drug-likeness (QED) is 0.865. The molecule has 138 valence electrons. The average Bonchev–Trinajstić information content (AvgIpc) is 2.62. The lowest BCUT2D eigenvalue weighted by Gasteiger charge is -2.33. The number of aromatic nitrogens is 2. The molecule has 1 aromatic carbocycles. The van der Waals surface area contributed by atoms with E-state index in [0.29, 0.717) is 12.3 Å². The topological polar surface area (TPSA) is 78.1 Å². The molecule has 6 nitrogen and oxygen atoms in total. The molecular weight excluding hydrogens is 328 g/mol. The summed E-state index contributed by atoms with van der Waals surface area (Å²) in [5, 5.41) is 9.29. The first-order chi connectivity index (χ1) is 12.5. The zero-order valence-corrected chi connectivity index (χ0v) is 15.4. The van der Waals surface area contributed by atoms with Crippen LogP contribution in [0.5, 0.6) is 0 Å². The fourth-order valence-corrected chi connectivity index (χ4v) is 3.45. The average molecular weight is 354 g/mol. The van der Waals surface area contributed by atoms with Crippen molar-refractivity contribution in [3.8, 4) is 0 Å². The highest BCUT2D eigenvalue weighted by atomic mass is 16.1. The maximum Gasteiger partial charge on any atom is 0.266 e. The Morgan fingerprint density at radius 1 is 1.38 bits per heavy atom. The molecule has 0 radical (unpaired) electrons. The molecule has 0 bridgehead atoms. The summed E-state index contributed by atoms with van der Waals surface area (Å²) < 4.78 is 0. The predicted octanol–water partition coefficient (Wildman–Crippen LogP) is 3.14. The van der Waals surface area contributed by atoms with Crippen molar-refractivity contribution in [2.75, 3.05) is 23.3 Å². The molecule has 6 heteroatoms. The molecule has 1 atom stereocenters.